The summed E-state index contributed by atoms with van der Waals surface area (Å²) in [6.45, 7) is 6.80. The summed E-state index contributed by atoms with van der Waals surface area (Å²) in [4.78, 5) is 50.1. The van der Waals surface area contributed by atoms with Crippen LogP contribution in [0.2, 0.25) is 0 Å². The van der Waals surface area contributed by atoms with Crippen molar-refractivity contribution in [2.45, 2.75) is 45.8 Å². The molecule has 1 aromatic rings. The number of nitrogens with one attached hydrogen (secondary N) is 2. The second kappa shape index (κ2) is 8.93. The van der Waals surface area contributed by atoms with Gasteiger partial charge in [-0.2, -0.15) is 0 Å². The maximum atomic E-state index is 12.4. The van der Waals surface area contributed by atoms with E-state index < -0.39 is 35.5 Å². The fourth-order valence-corrected chi connectivity index (χ4v) is 2.86. The van der Waals surface area contributed by atoms with Crippen LogP contribution in [0.15, 0.2) is 24.3 Å². The Morgan fingerprint density at radius 1 is 1.21 bits per heavy atom. The van der Waals surface area contributed by atoms with Crippen LogP contribution in [-0.2, 0) is 19.1 Å². The van der Waals surface area contributed by atoms with Crippen LogP contribution in [0.1, 0.15) is 34.1 Å². The third kappa shape index (κ3) is 5.94. The number of ether oxygens (including phenoxy) is 2. The van der Waals surface area contributed by atoms with Gasteiger partial charge in [0.15, 0.2) is 6.10 Å². The van der Waals surface area contributed by atoms with E-state index in [0.717, 1.165) is 0 Å². The molecule has 9 heteroatoms. The van der Waals surface area contributed by atoms with Crippen LogP contribution in [0.5, 0.6) is 5.75 Å². The van der Waals surface area contributed by atoms with E-state index in [9.17, 15) is 19.2 Å². The summed E-state index contributed by atoms with van der Waals surface area (Å²) in [5, 5.41) is 4.71. The van der Waals surface area contributed by atoms with Gasteiger partial charge in [0.1, 0.15) is 5.75 Å². The van der Waals surface area contributed by atoms with Crippen LogP contribution in [0.4, 0.5) is 10.5 Å². The van der Waals surface area contributed by atoms with E-state index in [1.807, 2.05) is 0 Å². The monoisotopic (exact) mass is 405 g/mol. The maximum Gasteiger partial charge on any atom is 0.321 e. The summed E-state index contributed by atoms with van der Waals surface area (Å²) in [7, 11) is 1.50. The number of hydrogen-bond donors (Lipinski definition) is 2. The lowest BCUT2D eigenvalue weighted by Crippen LogP contribution is -2.50. The molecule has 0 spiro atoms. The van der Waals surface area contributed by atoms with Gasteiger partial charge >= 0.3 is 12.0 Å². The number of imide groups is 1. The molecule has 0 saturated carbocycles. The van der Waals surface area contributed by atoms with Gasteiger partial charge in [0, 0.05) is 18.5 Å². The zero-order chi connectivity index (χ0) is 21.8. The Morgan fingerprint density at radius 3 is 2.48 bits per heavy atom. The van der Waals surface area contributed by atoms with Gasteiger partial charge in [0.05, 0.1) is 18.7 Å². The minimum atomic E-state index is -1.18. The van der Waals surface area contributed by atoms with Gasteiger partial charge in [-0.15, -0.1) is 0 Å². The van der Waals surface area contributed by atoms with Gasteiger partial charge in [-0.1, -0.05) is 12.1 Å². The fourth-order valence-electron chi connectivity index (χ4n) is 2.86. The van der Waals surface area contributed by atoms with Gasteiger partial charge < -0.3 is 19.7 Å². The van der Waals surface area contributed by atoms with Crippen molar-refractivity contribution in [3.8, 4) is 5.75 Å². The molecular weight excluding hydrogens is 378 g/mol. The van der Waals surface area contributed by atoms with E-state index in [2.05, 4.69) is 10.6 Å². The summed E-state index contributed by atoms with van der Waals surface area (Å²) < 4.78 is 10.4. The summed E-state index contributed by atoms with van der Waals surface area (Å²) >= 11 is 0. The maximum absolute atomic E-state index is 12.4. The number of urea groups is 1. The molecule has 1 aliphatic rings. The first-order chi connectivity index (χ1) is 13.5. The SMILES string of the molecule is COc1ccccc1N1C[C@@H](C(=O)O[C@H](C)C(=O)NC(=O)NC(C)(C)C)CC1=O. The molecule has 29 heavy (non-hydrogen) atoms. The number of amides is 4. The van der Waals surface area contributed by atoms with Crippen LogP contribution in [0.25, 0.3) is 0 Å². The number of benzene rings is 1. The molecule has 4 amide bonds. The fraction of sp³-hybridized carbons (Fsp3) is 0.500. The third-order valence-corrected chi connectivity index (χ3v) is 4.22. The van der Waals surface area contributed by atoms with Crippen molar-refractivity contribution in [1.29, 1.82) is 0 Å². The summed E-state index contributed by atoms with van der Waals surface area (Å²) in [6, 6.07) is 6.33. The van der Waals surface area contributed by atoms with Crippen LogP contribution < -0.4 is 20.3 Å². The van der Waals surface area contributed by atoms with Gasteiger partial charge in [0.25, 0.3) is 5.91 Å². The third-order valence-electron chi connectivity index (χ3n) is 4.22. The molecule has 1 aliphatic heterocycles. The Labute approximate surface area is 169 Å². The number of carbonyl (C=O) groups excluding carboxylic acids is 4. The molecule has 158 valence electrons. The zero-order valence-corrected chi connectivity index (χ0v) is 17.3. The molecule has 2 rings (SSSR count). The smallest absolute Gasteiger partial charge is 0.321 e. The highest BCUT2D eigenvalue weighted by Crippen LogP contribution is 2.33. The quantitative estimate of drug-likeness (QED) is 0.720. The van der Waals surface area contributed by atoms with E-state index in [0.29, 0.717) is 11.4 Å². The summed E-state index contributed by atoms with van der Waals surface area (Å²) in [5.74, 6) is -1.85. The number of carbonyl (C=O) groups is 4. The first-order valence-electron chi connectivity index (χ1n) is 9.28. The van der Waals surface area contributed by atoms with Gasteiger partial charge in [-0.3, -0.25) is 19.7 Å². The molecule has 1 aromatic carbocycles. The number of rotatable bonds is 5. The summed E-state index contributed by atoms with van der Waals surface area (Å²) in [6.07, 6.45) is -1.21. The second-order valence-corrected chi connectivity index (χ2v) is 7.85. The van der Waals surface area contributed by atoms with Crippen molar-refractivity contribution < 1.29 is 28.7 Å². The van der Waals surface area contributed by atoms with Crippen LogP contribution >= 0.6 is 0 Å². The number of nitrogens with zero attached hydrogens (tertiary/aromatic N) is 1. The van der Waals surface area contributed by atoms with Crippen molar-refractivity contribution in [3.63, 3.8) is 0 Å². The molecule has 9 nitrogen and oxygen atoms in total. The molecule has 0 bridgehead atoms. The largest absolute Gasteiger partial charge is 0.495 e. The highest BCUT2D eigenvalue weighted by molar-refractivity contribution is 6.01. The average Bonchev–Trinajstić information content (AvgIpc) is 3.01. The molecule has 2 atom stereocenters. The van der Waals surface area contributed by atoms with E-state index in [4.69, 9.17) is 9.47 Å². The normalized spacial score (nSPS) is 17.5. The Bertz CT molecular complexity index is 802. The Morgan fingerprint density at radius 2 is 1.86 bits per heavy atom. The van der Waals surface area contributed by atoms with Crippen molar-refractivity contribution in [3.05, 3.63) is 24.3 Å². The number of methoxy groups -OCH3 is 1. The lowest BCUT2D eigenvalue weighted by atomic mass is 10.1. The number of esters is 1. The molecular formula is C20H27N3O6. The number of para-hydroxylation sites is 2. The lowest BCUT2D eigenvalue weighted by Gasteiger charge is -2.21. The minimum absolute atomic E-state index is 0.0320. The van der Waals surface area contributed by atoms with Crippen molar-refractivity contribution in [2.24, 2.45) is 5.92 Å². The Hall–Kier alpha value is -3.10. The molecule has 1 heterocycles. The van der Waals surface area contributed by atoms with Crippen molar-refractivity contribution >= 4 is 29.5 Å². The highest BCUT2D eigenvalue weighted by atomic mass is 16.5. The Kier molecular flexibility index (Phi) is 6.84. The first-order valence-corrected chi connectivity index (χ1v) is 9.28. The second-order valence-electron chi connectivity index (χ2n) is 7.85. The predicted molar refractivity (Wildman–Crippen MR) is 105 cm³/mol. The molecule has 0 radical (unpaired) electrons. The van der Waals surface area contributed by atoms with E-state index in [1.165, 1.54) is 18.9 Å². The minimum Gasteiger partial charge on any atom is -0.495 e. The van der Waals surface area contributed by atoms with Crippen molar-refractivity contribution in [2.75, 3.05) is 18.6 Å². The van der Waals surface area contributed by atoms with E-state index in [-0.39, 0.29) is 18.9 Å². The van der Waals surface area contributed by atoms with Gasteiger partial charge in [0.2, 0.25) is 5.91 Å². The van der Waals surface area contributed by atoms with Crippen LogP contribution in [0.3, 0.4) is 0 Å². The van der Waals surface area contributed by atoms with Crippen molar-refractivity contribution in [1.82, 2.24) is 10.6 Å². The first kappa shape index (κ1) is 22.2. The molecule has 0 unspecified atom stereocenters. The summed E-state index contributed by atoms with van der Waals surface area (Å²) in [5.41, 5.74) is 0.0520. The highest BCUT2D eigenvalue weighted by Gasteiger charge is 2.38. The molecule has 1 fully saturated rings. The van der Waals surface area contributed by atoms with E-state index in [1.54, 1.807) is 45.0 Å². The van der Waals surface area contributed by atoms with Crippen LogP contribution in [0, 0.1) is 5.92 Å². The molecule has 1 saturated heterocycles. The lowest BCUT2D eigenvalue weighted by molar-refractivity contribution is -0.158. The number of hydrogen-bond acceptors (Lipinski definition) is 6. The molecule has 0 aliphatic carbocycles. The van der Waals surface area contributed by atoms with Gasteiger partial charge in [-0.25, -0.2) is 4.79 Å². The Balaban J connectivity index is 1.95. The standard InChI is InChI=1S/C20H27N3O6/c1-12(17(25)21-19(27)22-20(2,3)4)29-18(26)13-10-16(24)23(11-13)14-8-6-7-9-15(14)28-5/h6-9,12-13H,10-11H2,1-5H3,(H2,21,22,25,27)/t12-,13+/m1/s1. The zero-order valence-electron chi connectivity index (χ0n) is 17.3. The number of anilines is 1. The molecule has 0 aromatic heterocycles. The van der Waals surface area contributed by atoms with Gasteiger partial charge in [-0.05, 0) is 39.8 Å². The topological polar surface area (TPSA) is 114 Å². The average molecular weight is 405 g/mol. The molecule has 2 N–H and O–H groups in total. The van der Waals surface area contributed by atoms with Crippen LogP contribution in [-0.4, -0.2) is 49.1 Å². The predicted octanol–water partition coefficient (Wildman–Crippen LogP) is 1.60. The van der Waals surface area contributed by atoms with E-state index >= 15 is 0 Å².